The van der Waals surface area contributed by atoms with Crippen molar-refractivity contribution in [2.45, 2.75) is 18.9 Å². The molecule has 160 valence electrons. The van der Waals surface area contributed by atoms with E-state index in [0.717, 1.165) is 37.1 Å². The summed E-state index contributed by atoms with van der Waals surface area (Å²) in [4.78, 5) is 21.4. The maximum absolute atomic E-state index is 13.0. The van der Waals surface area contributed by atoms with Gasteiger partial charge in [0, 0.05) is 19.3 Å². The van der Waals surface area contributed by atoms with Crippen molar-refractivity contribution in [3.05, 3.63) is 78.4 Å². The smallest absolute Gasteiger partial charge is 0.272 e. The van der Waals surface area contributed by atoms with Crippen LogP contribution in [0, 0.1) is 5.82 Å². The van der Waals surface area contributed by atoms with E-state index in [-0.39, 0.29) is 17.8 Å². The topological polar surface area (TPSA) is 45.7 Å². The molecule has 0 radical (unpaired) electrons. The van der Waals surface area contributed by atoms with Crippen molar-refractivity contribution in [3.8, 4) is 22.6 Å². The molecule has 0 N–H and O–H groups in total. The fourth-order valence-electron chi connectivity index (χ4n) is 3.81. The number of piperidine rings is 1. The van der Waals surface area contributed by atoms with Crippen LogP contribution in [0.1, 0.15) is 23.3 Å². The molecule has 2 aromatic carbocycles. The Morgan fingerprint density at radius 1 is 1.00 bits per heavy atom. The number of likely N-dealkylation sites (tertiary alicyclic amines) is 1. The predicted molar refractivity (Wildman–Crippen MR) is 119 cm³/mol. The number of rotatable bonds is 5. The molecule has 1 aromatic heterocycles. The monoisotopic (exact) mass is 419 g/mol. The highest BCUT2D eigenvalue weighted by atomic mass is 19.1. The average Bonchev–Trinajstić information content (AvgIpc) is 2.81. The summed E-state index contributed by atoms with van der Waals surface area (Å²) in [6, 6.07) is 17.4. The van der Waals surface area contributed by atoms with Crippen LogP contribution in [-0.2, 0) is 0 Å². The van der Waals surface area contributed by atoms with Gasteiger partial charge in [-0.1, -0.05) is 12.1 Å². The minimum absolute atomic E-state index is 0.0485. The molecule has 0 bridgehead atoms. The molecule has 5 nitrogen and oxygen atoms in total. The van der Waals surface area contributed by atoms with Gasteiger partial charge in [0.2, 0.25) is 0 Å². The number of carbonyl (C=O) groups excluding carboxylic acids is 1. The fourth-order valence-corrected chi connectivity index (χ4v) is 3.81. The number of carbonyl (C=O) groups is 1. The number of amides is 1. The Kier molecular flexibility index (Phi) is 6.28. The third-order valence-electron chi connectivity index (χ3n) is 5.77. The van der Waals surface area contributed by atoms with Gasteiger partial charge >= 0.3 is 0 Å². The van der Waals surface area contributed by atoms with Gasteiger partial charge in [0.15, 0.2) is 0 Å². The van der Waals surface area contributed by atoms with Crippen LogP contribution in [0.3, 0.4) is 0 Å². The summed E-state index contributed by atoms with van der Waals surface area (Å²) in [5.74, 6) is 0.880. The third-order valence-corrected chi connectivity index (χ3v) is 5.77. The lowest BCUT2D eigenvalue weighted by atomic mass is 10.0. The number of hydrogen-bond acceptors (Lipinski definition) is 4. The van der Waals surface area contributed by atoms with Crippen molar-refractivity contribution >= 4 is 5.91 Å². The first kappa shape index (κ1) is 21.0. The normalized spacial score (nSPS) is 14.9. The van der Waals surface area contributed by atoms with Crippen LogP contribution in [0.5, 0.6) is 11.5 Å². The summed E-state index contributed by atoms with van der Waals surface area (Å²) in [6.45, 7) is 2.00. The molecule has 1 fully saturated rings. The Labute approximate surface area is 182 Å². The maximum atomic E-state index is 13.0. The van der Waals surface area contributed by atoms with E-state index in [4.69, 9.17) is 4.74 Å². The van der Waals surface area contributed by atoms with Crippen molar-refractivity contribution in [1.29, 1.82) is 0 Å². The number of halogens is 1. The Hall–Kier alpha value is -3.25. The van der Waals surface area contributed by atoms with Gasteiger partial charge in [-0.15, -0.1) is 0 Å². The van der Waals surface area contributed by atoms with Gasteiger partial charge < -0.3 is 14.5 Å². The van der Waals surface area contributed by atoms with Gasteiger partial charge in [0.25, 0.3) is 5.91 Å². The second-order valence-corrected chi connectivity index (χ2v) is 7.96. The summed E-state index contributed by atoms with van der Waals surface area (Å²) < 4.78 is 18.8. The minimum Gasteiger partial charge on any atom is -0.457 e. The van der Waals surface area contributed by atoms with Crippen LogP contribution in [0.15, 0.2) is 66.9 Å². The molecule has 0 atom stereocenters. The van der Waals surface area contributed by atoms with Crippen molar-refractivity contribution in [3.63, 3.8) is 0 Å². The van der Waals surface area contributed by atoms with Crippen LogP contribution in [-0.4, -0.2) is 53.9 Å². The van der Waals surface area contributed by atoms with Crippen LogP contribution >= 0.6 is 0 Å². The number of pyridine rings is 1. The van der Waals surface area contributed by atoms with E-state index < -0.39 is 0 Å². The van der Waals surface area contributed by atoms with Gasteiger partial charge in [-0.25, -0.2) is 4.39 Å². The molecule has 6 heteroatoms. The molecule has 1 saturated heterocycles. The number of aromatic nitrogens is 1. The van der Waals surface area contributed by atoms with Crippen LogP contribution in [0.4, 0.5) is 4.39 Å². The van der Waals surface area contributed by atoms with E-state index >= 15 is 0 Å². The Morgan fingerprint density at radius 3 is 2.26 bits per heavy atom. The average molecular weight is 420 g/mol. The Bertz CT molecular complexity index is 1030. The lowest BCUT2D eigenvalue weighted by molar-refractivity contribution is 0.0654. The van der Waals surface area contributed by atoms with E-state index in [2.05, 4.69) is 16.9 Å². The molecule has 31 heavy (non-hydrogen) atoms. The van der Waals surface area contributed by atoms with Gasteiger partial charge in [0.05, 0.1) is 0 Å². The van der Waals surface area contributed by atoms with Gasteiger partial charge in [-0.2, -0.15) is 0 Å². The minimum atomic E-state index is -0.299. The molecule has 4 rings (SSSR count). The van der Waals surface area contributed by atoms with Crippen molar-refractivity contribution in [2.24, 2.45) is 0 Å². The van der Waals surface area contributed by atoms with E-state index in [0.29, 0.717) is 17.2 Å². The lowest BCUT2D eigenvalue weighted by Crippen LogP contribution is -2.44. The molecule has 1 aliphatic rings. The number of benzene rings is 2. The molecule has 3 aromatic rings. The van der Waals surface area contributed by atoms with Crippen molar-refractivity contribution < 1.29 is 13.9 Å². The Morgan fingerprint density at radius 2 is 1.61 bits per heavy atom. The second-order valence-electron chi connectivity index (χ2n) is 7.96. The molecule has 0 unspecified atom stereocenters. The first-order chi connectivity index (χ1) is 15.0. The number of ether oxygens (including phenoxy) is 1. The SMILES string of the molecule is CN1CCC(N(C)C(=O)c2cc(-c3ccc(Oc4ccc(F)cc4)cc3)ccn2)CC1. The summed E-state index contributed by atoms with van der Waals surface area (Å²) in [6.07, 6.45) is 3.63. The third kappa shape index (κ3) is 5.09. The molecule has 1 aliphatic heterocycles. The number of nitrogens with zero attached hydrogens (tertiary/aromatic N) is 3. The summed E-state index contributed by atoms with van der Waals surface area (Å²) in [5.41, 5.74) is 2.33. The standard InChI is InChI=1S/C25H26FN3O2/c1-28-15-12-21(13-16-28)29(2)25(30)24-17-19(11-14-27-24)18-3-7-22(8-4-18)31-23-9-5-20(26)6-10-23/h3-11,14,17,21H,12-13,15-16H2,1-2H3. The van der Waals surface area contributed by atoms with E-state index in [1.54, 1.807) is 18.3 Å². The first-order valence-electron chi connectivity index (χ1n) is 10.5. The highest BCUT2D eigenvalue weighted by Gasteiger charge is 2.25. The molecule has 0 saturated carbocycles. The molecule has 1 amide bonds. The highest BCUT2D eigenvalue weighted by molar-refractivity contribution is 5.93. The van der Waals surface area contributed by atoms with Crippen LogP contribution in [0.25, 0.3) is 11.1 Å². The molecule has 0 spiro atoms. The zero-order valence-corrected chi connectivity index (χ0v) is 17.8. The first-order valence-corrected chi connectivity index (χ1v) is 10.5. The second kappa shape index (κ2) is 9.27. The van der Waals surface area contributed by atoms with E-state index in [9.17, 15) is 9.18 Å². The molecule has 2 heterocycles. The van der Waals surface area contributed by atoms with Crippen molar-refractivity contribution in [1.82, 2.24) is 14.8 Å². The number of hydrogen-bond donors (Lipinski definition) is 0. The maximum Gasteiger partial charge on any atom is 0.272 e. The zero-order chi connectivity index (χ0) is 21.8. The quantitative estimate of drug-likeness (QED) is 0.593. The summed E-state index contributed by atoms with van der Waals surface area (Å²) in [7, 11) is 3.98. The van der Waals surface area contributed by atoms with Crippen LogP contribution in [0.2, 0.25) is 0 Å². The lowest BCUT2D eigenvalue weighted by Gasteiger charge is -2.35. The van der Waals surface area contributed by atoms with Crippen LogP contribution < -0.4 is 4.74 Å². The van der Waals surface area contributed by atoms with E-state index in [1.165, 1.54) is 12.1 Å². The molecular formula is C25H26FN3O2. The molecule has 0 aliphatic carbocycles. The zero-order valence-electron chi connectivity index (χ0n) is 17.8. The van der Waals surface area contributed by atoms with E-state index in [1.807, 2.05) is 48.3 Å². The largest absolute Gasteiger partial charge is 0.457 e. The van der Waals surface area contributed by atoms with Gasteiger partial charge in [0.1, 0.15) is 23.0 Å². The van der Waals surface area contributed by atoms with Gasteiger partial charge in [-0.3, -0.25) is 9.78 Å². The fraction of sp³-hybridized carbons (Fsp3) is 0.280. The molecular weight excluding hydrogens is 393 g/mol. The summed E-state index contributed by atoms with van der Waals surface area (Å²) in [5, 5.41) is 0. The predicted octanol–water partition coefficient (Wildman–Crippen LogP) is 4.85. The highest BCUT2D eigenvalue weighted by Crippen LogP contribution is 2.26. The van der Waals surface area contributed by atoms with Crippen molar-refractivity contribution in [2.75, 3.05) is 27.2 Å². The summed E-state index contributed by atoms with van der Waals surface area (Å²) >= 11 is 0. The van der Waals surface area contributed by atoms with Gasteiger partial charge in [-0.05, 0) is 92.6 Å². The Balaban J connectivity index is 1.46.